The smallest absolute Gasteiger partial charge is 0.0893 e. The molecule has 0 spiro atoms. The van der Waals surface area contributed by atoms with Crippen LogP contribution in [-0.2, 0) is 6.42 Å². The molecule has 140 valence electrons. The molecule has 0 aliphatic rings. The van der Waals surface area contributed by atoms with Crippen LogP contribution in [0.25, 0.3) is 38.0 Å². The van der Waals surface area contributed by atoms with Crippen LogP contribution >= 0.6 is 56.7 Å². The van der Waals surface area contributed by atoms with Gasteiger partial charge in [0.25, 0.3) is 0 Å². The molecule has 0 radical (unpaired) electrons. The van der Waals surface area contributed by atoms with E-state index < -0.39 is 0 Å². The van der Waals surface area contributed by atoms with Crippen molar-refractivity contribution in [2.24, 2.45) is 0 Å². The number of fused-ring (bicyclic) bond motifs is 5. The van der Waals surface area contributed by atoms with Gasteiger partial charge in [-0.15, -0.1) is 56.7 Å². The highest BCUT2D eigenvalue weighted by Crippen LogP contribution is 2.51. The lowest BCUT2D eigenvalue weighted by molar-refractivity contribution is 0.609. The molecule has 27 heavy (non-hydrogen) atoms. The quantitative estimate of drug-likeness (QED) is 0.208. The zero-order valence-corrected chi connectivity index (χ0v) is 19.5. The van der Waals surface area contributed by atoms with Crippen LogP contribution in [0.1, 0.15) is 50.3 Å². The Morgan fingerprint density at radius 2 is 1.48 bits per heavy atom. The molecule has 0 bridgehead atoms. The van der Waals surface area contributed by atoms with Crippen molar-refractivity contribution in [3.05, 3.63) is 34.5 Å². The number of unbranched alkanes of at least 4 members (excludes halogenated alkanes) is 5. The summed E-state index contributed by atoms with van der Waals surface area (Å²) in [6.45, 7) is 2.29. The van der Waals surface area contributed by atoms with Crippen LogP contribution in [0, 0.1) is 0 Å². The van der Waals surface area contributed by atoms with Gasteiger partial charge in [-0.2, -0.15) is 0 Å². The van der Waals surface area contributed by atoms with Crippen LogP contribution in [0.5, 0.6) is 0 Å². The van der Waals surface area contributed by atoms with E-state index in [1.54, 1.807) is 4.88 Å². The van der Waals surface area contributed by atoms with Crippen molar-refractivity contribution in [1.29, 1.82) is 0 Å². The van der Waals surface area contributed by atoms with E-state index in [4.69, 9.17) is 0 Å². The minimum atomic E-state index is 1.27. The van der Waals surface area contributed by atoms with Crippen LogP contribution in [-0.4, -0.2) is 0 Å². The summed E-state index contributed by atoms with van der Waals surface area (Å²) in [7, 11) is 0. The van der Waals surface area contributed by atoms with Gasteiger partial charge in [0.1, 0.15) is 0 Å². The second-order valence-corrected chi connectivity index (χ2v) is 12.8. The number of hydrogen-bond acceptors (Lipinski definition) is 5. The third-order valence-electron chi connectivity index (χ3n) is 5.07. The molecule has 5 aromatic rings. The van der Waals surface area contributed by atoms with Gasteiger partial charge in [-0.3, -0.25) is 0 Å². The Labute approximate surface area is 180 Å². The molecule has 0 atom stereocenters. The summed E-state index contributed by atoms with van der Waals surface area (Å²) < 4.78 is 6.06. The second-order valence-electron chi connectivity index (χ2n) is 7.08. The summed E-state index contributed by atoms with van der Waals surface area (Å²) in [5, 5.41) is 5.17. The Balaban J connectivity index is 1.37. The first-order valence-corrected chi connectivity index (χ1v) is 13.9. The number of hydrogen-bond donors (Lipinski definition) is 0. The lowest BCUT2D eigenvalue weighted by Crippen LogP contribution is -1.82. The molecular weight excluding hydrogens is 425 g/mol. The van der Waals surface area contributed by atoms with E-state index in [0.717, 1.165) is 0 Å². The first-order valence-electron chi connectivity index (χ1n) is 9.74. The van der Waals surface area contributed by atoms with E-state index in [9.17, 15) is 0 Å². The Morgan fingerprint density at radius 1 is 0.741 bits per heavy atom. The van der Waals surface area contributed by atoms with E-state index in [0.29, 0.717) is 0 Å². The van der Waals surface area contributed by atoms with E-state index in [2.05, 4.69) is 36.6 Å². The molecule has 0 fully saturated rings. The predicted molar refractivity (Wildman–Crippen MR) is 131 cm³/mol. The van der Waals surface area contributed by atoms with Gasteiger partial charge in [-0.25, -0.2) is 0 Å². The molecule has 0 aromatic carbocycles. The average molecular weight is 447 g/mol. The Morgan fingerprint density at radius 3 is 2.26 bits per heavy atom. The molecule has 5 heteroatoms. The molecule has 0 unspecified atom stereocenters. The monoisotopic (exact) mass is 446 g/mol. The third-order valence-corrected chi connectivity index (χ3v) is 11.3. The maximum atomic E-state index is 2.49. The van der Waals surface area contributed by atoms with Gasteiger partial charge in [0, 0.05) is 25.4 Å². The van der Waals surface area contributed by atoms with Crippen molar-refractivity contribution in [2.45, 2.75) is 51.9 Å². The Hall–Kier alpha value is -0.720. The summed E-state index contributed by atoms with van der Waals surface area (Å²) in [4.78, 5) is 4.41. The van der Waals surface area contributed by atoms with Crippen LogP contribution in [0.15, 0.2) is 29.6 Å². The molecule has 5 rings (SSSR count). The van der Waals surface area contributed by atoms with Gasteiger partial charge in [-0.05, 0) is 36.4 Å². The van der Waals surface area contributed by atoms with Crippen molar-refractivity contribution in [1.82, 2.24) is 0 Å². The normalized spacial score (nSPS) is 12.2. The fourth-order valence-electron chi connectivity index (χ4n) is 3.64. The van der Waals surface area contributed by atoms with Crippen molar-refractivity contribution < 1.29 is 0 Å². The first kappa shape index (κ1) is 18.3. The fraction of sp³-hybridized carbons (Fsp3) is 0.364. The standard InChI is InChI=1S/C22H22S5/c1-2-3-4-5-6-7-9-14-12-15-19-20(26-21(15)24-14)16-13-18(25-22(16)27-19)17-10-8-11-23-17/h8,10-13H,2-7,9H2,1H3. The molecular formula is C22H22S5. The van der Waals surface area contributed by atoms with Crippen molar-refractivity contribution >= 4 is 84.9 Å². The van der Waals surface area contributed by atoms with Crippen molar-refractivity contribution in [2.75, 3.05) is 0 Å². The second kappa shape index (κ2) is 7.96. The lowest BCUT2D eigenvalue weighted by Gasteiger charge is -1.99. The number of thiophene rings is 5. The molecule has 0 aliphatic carbocycles. The van der Waals surface area contributed by atoms with Crippen LogP contribution in [0.3, 0.4) is 0 Å². The minimum absolute atomic E-state index is 1.27. The van der Waals surface area contributed by atoms with Gasteiger partial charge in [0.15, 0.2) is 0 Å². The molecule has 0 nitrogen and oxygen atoms in total. The highest BCUT2D eigenvalue weighted by molar-refractivity contribution is 7.50. The maximum Gasteiger partial charge on any atom is 0.0893 e. The van der Waals surface area contributed by atoms with Crippen LogP contribution in [0.4, 0.5) is 0 Å². The van der Waals surface area contributed by atoms with Gasteiger partial charge >= 0.3 is 0 Å². The van der Waals surface area contributed by atoms with E-state index in [1.165, 1.54) is 82.9 Å². The molecule has 5 aromatic heterocycles. The van der Waals surface area contributed by atoms with Gasteiger partial charge in [0.05, 0.1) is 17.4 Å². The average Bonchev–Trinajstić information content (AvgIpc) is 3.42. The molecule has 0 saturated carbocycles. The molecule has 0 N–H and O–H groups in total. The van der Waals surface area contributed by atoms with E-state index in [1.807, 2.05) is 56.7 Å². The SMILES string of the molecule is CCCCCCCCc1cc2c(s1)sc1c3cc(-c4cccs4)sc3sc21. The van der Waals surface area contributed by atoms with E-state index >= 15 is 0 Å². The molecule has 0 saturated heterocycles. The van der Waals surface area contributed by atoms with E-state index in [-0.39, 0.29) is 0 Å². The molecule has 0 aliphatic heterocycles. The summed E-state index contributed by atoms with van der Waals surface area (Å²) in [6.07, 6.45) is 9.57. The van der Waals surface area contributed by atoms with Crippen LogP contribution < -0.4 is 0 Å². The summed E-state index contributed by atoms with van der Waals surface area (Å²) >= 11 is 9.87. The van der Waals surface area contributed by atoms with Crippen LogP contribution in [0.2, 0.25) is 0 Å². The topological polar surface area (TPSA) is 0 Å². The van der Waals surface area contributed by atoms with Crippen molar-refractivity contribution in [3.8, 4) is 9.75 Å². The Bertz CT molecular complexity index is 1160. The zero-order chi connectivity index (χ0) is 18.2. The minimum Gasteiger partial charge on any atom is -0.143 e. The lowest BCUT2D eigenvalue weighted by atomic mass is 10.1. The highest BCUT2D eigenvalue weighted by Gasteiger charge is 2.17. The highest BCUT2D eigenvalue weighted by atomic mass is 32.2. The first-order chi connectivity index (χ1) is 13.3. The predicted octanol–water partition coefficient (Wildman–Crippen LogP) is 10.0. The number of rotatable bonds is 8. The largest absolute Gasteiger partial charge is 0.143 e. The third kappa shape index (κ3) is 3.53. The summed E-state index contributed by atoms with van der Waals surface area (Å²) in [5.74, 6) is 0. The van der Waals surface area contributed by atoms with Gasteiger partial charge < -0.3 is 0 Å². The van der Waals surface area contributed by atoms with Gasteiger partial charge in [-0.1, -0.05) is 45.1 Å². The fourth-order valence-corrected chi connectivity index (χ4v) is 10.1. The summed E-state index contributed by atoms with van der Waals surface area (Å²) in [6, 6.07) is 9.29. The number of aryl methyl sites for hydroxylation is 1. The Kier molecular flexibility index (Phi) is 5.40. The zero-order valence-electron chi connectivity index (χ0n) is 15.4. The summed E-state index contributed by atoms with van der Waals surface area (Å²) in [5.41, 5.74) is 0. The van der Waals surface area contributed by atoms with Crippen molar-refractivity contribution in [3.63, 3.8) is 0 Å². The molecule has 0 amide bonds. The molecule has 5 heterocycles. The van der Waals surface area contributed by atoms with Gasteiger partial charge in [0.2, 0.25) is 0 Å². The maximum absolute atomic E-state index is 2.49.